The van der Waals surface area contributed by atoms with Crippen molar-refractivity contribution in [3.8, 4) is 0 Å². The predicted molar refractivity (Wildman–Crippen MR) is 72.0 cm³/mol. The molecule has 1 saturated heterocycles. The van der Waals surface area contributed by atoms with Crippen LogP contribution in [0.4, 0.5) is 0 Å². The Bertz CT molecular complexity index is 228. The molecule has 1 atom stereocenters. The number of carbonyl (C=O) groups is 1. The standard InChI is InChI=1S/C14H28N2O/c1-4-8-16-9-6-5-7-13(11-16)15-14(17)10-12(2)3/h12-13H,4-11H2,1-3H3,(H,15,17). The van der Waals surface area contributed by atoms with Gasteiger partial charge in [0.05, 0.1) is 0 Å². The van der Waals surface area contributed by atoms with E-state index in [9.17, 15) is 4.79 Å². The number of likely N-dealkylation sites (tertiary alicyclic amines) is 1. The molecular weight excluding hydrogens is 212 g/mol. The molecule has 17 heavy (non-hydrogen) atoms. The Morgan fingerprint density at radius 1 is 1.41 bits per heavy atom. The van der Waals surface area contributed by atoms with Crippen LogP contribution in [0.3, 0.4) is 0 Å². The second-order valence-corrected chi connectivity index (χ2v) is 5.66. The van der Waals surface area contributed by atoms with E-state index in [-0.39, 0.29) is 5.91 Å². The van der Waals surface area contributed by atoms with E-state index >= 15 is 0 Å². The Labute approximate surface area is 106 Å². The highest BCUT2D eigenvalue weighted by molar-refractivity contribution is 5.76. The first kappa shape index (κ1) is 14.5. The average Bonchev–Trinajstić information content (AvgIpc) is 2.42. The molecule has 1 aliphatic heterocycles. The molecule has 0 aromatic rings. The molecule has 0 aromatic carbocycles. The highest BCUT2D eigenvalue weighted by Crippen LogP contribution is 2.11. The summed E-state index contributed by atoms with van der Waals surface area (Å²) in [6.45, 7) is 9.81. The molecule has 0 aromatic heterocycles. The van der Waals surface area contributed by atoms with E-state index in [1.54, 1.807) is 0 Å². The summed E-state index contributed by atoms with van der Waals surface area (Å²) in [5.41, 5.74) is 0. The minimum absolute atomic E-state index is 0.225. The number of rotatable bonds is 5. The monoisotopic (exact) mass is 240 g/mol. The minimum atomic E-state index is 0.225. The zero-order valence-electron chi connectivity index (χ0n) is 11.7. The van der Waals surface area contributed by atoms with Crippen LogP contribution in [0.25, 0.3) is 0 Å². The van der Waals surface area contributed by atoms with E-state index < -0.39 is 0 Å². The SMILES string of the molecule is CCCN1CCCCC(NC(=O)CC(C)C)C1. The van der Waals surface area contributed by atoms with Crippen LogP contribution >= 0.6 is 0 Å². The van der Waals surface area contributed by atoms with Crippen LogP contribution in [0.15, 0.2) is 0 Å². The Morgan fingerprint density at radius 3 is 2.82 bits per heavy atom. The fourth-order valence-electron chi connectivity index (χ4n) is 2.51. The number of hydrogen-bond acceptors (Lipinski definition) is 2. The van der Waals surface area contributed by atoms with Crippen LogP contribution in [0, 0.1) is 5.92 Å². The number of amides is 1. The largest absolute Gasteiger partial charge is 0.352 e. The lowest BCUT2D eigenvalue weighted by Gasteiger charge is -2.24. The molecule has 1 amide bonds. The van der Waals surface area contributed by atoms with E-state index in [2.05, 4.69) is 31.0 Å². The minimum Gasteiger partial charge on any atom is -0.352 e. The summed E-state index contributed by atoms with van der Waals surface area (Å²) < 4.78 is 0. The van der Waals surface area contributed by atoms with E-state index in [0.717, 1.165) is 19.5 Å². The maximum atomic E-state index is 11.8. The summed E-state index contributed by atoms with van der Waals surface area (Å²) in [7, 11) is 0. The van der Waals surface area contributed by atoms with Gasteiger partial charge in [0.25, 0.3) is 0 Å². The van der Waals surface area contributed by atoms with Crippen molar-refractivity contribution in [3.05, 3.63) is 0 Å². The highest BCUT2D eigenvalue weighted by Gasteiger charge is 2.19. The summed E-state index contributed by atoms with van der Waals surface area (Å²) in [5, 5.41) is 3.20. The fourth-order valence-corrected chi connectivity index (χ4v) is 2.51. The summed E-state index contributed by atoms with van der Waals surface area (Å²) >= 11 is 0. The van der Waals surface area contributed by atoms with Gasteiger partial charge in [0, 0.05) is 19.0 Å². The smallest absolute Gasteiger partial charge is 0.220 e. The van der Waals surface area contributed by atoms with Crippen molar-refractivity contribution in [2.75, 3.05) is 19.6 Å². The van der Waals surface area contributed by atoms with Gasteiger partial charge in [-0.25, -0.2) is 0 Å². The van der Waals surface area contributed by atoms with E-state index in [4.69, 9.17) is 0 Å². The molecule has 3 heteroatoms. The number of carbonyl (C=O) groups excluding carboxylic acids is 1. The zero-order chi connectivity index (χ0) is 12.7. The van der Waals surface area contributed by atoms with Crippen molar-refractivity contribution >= 4 is 5.91 Å². The Kier molecular flexibility index (Phi) is 6.56. The van der Waals surface area contributed by atoms with Gasteiger partial charge < -0.3 is 10.2 Å². The molecule has 0 saturated carbocycles. The lowest BCUT2D eigenvalue weighted by atomic mass is 10.1. The summed E-state index contributed by atoms with van der Waals surface area (Å²) in [6.07, 6.45) is 5.52. The molecule has 3 nitrogen and oxygen atoms in total. The lowest BCUT2D eigenvalue weighted by molar-refractivity contribution is -0.122. The Hall–Kier alpha value is -0.570. The normalized spacial score (nSPS) is 22.5. The summed E-state index contributed by atoms with van der Waals surface area (Å²) in [6, 6.07) is 0.371. The van der Waals surface area contributed by atoms with Crippen LogP contribution < -0.4 is 5.32 Å². The van der Waals surface area contributed by atoms with Gasteiger partial charge in [-0.15, -0.1) is 0 Å². The second-order valence-electron chi connectivity index (χ2n) is 5.66. The molecular formula is C14H28N2O. The first-order valence-corrected chi connectivity index (χ1v) is 7.13. The maximum absolute atomic E-state index is 11.8. The number of hydrogen-bond donors (Lipinski definition) is 1. The number of nitrogens with one attached hydrogen (secondary N) is 1. The van der Waals surface area contributed by atoms with Crippen molar-refractivity contribution in [1.82, 2.24) is 10.2 Å². The quantitative estimate of drug-likeness (QED) is 0.800. The van der Waals surface area contributed by atoms with Crippen molar-refractivity contribution in [2.45, 2.75) is 58.9 Å². The van der Waals surface area contributed by atoms with E-state index in [1.807, 2.05) is 0 Å². The molecule has 1 fully saturated rings. The molecule has 0 radical (unpaired) electrons. The average molecular weight is 240 g/mol. The van der Waals surface area contributed by atoms with E-state index in [0.29, 0.717) is 18.4 Å². The molecule has 100 valence electrons. The van der Waals surface area contributed by atoms with Gasteiger partial charge in [-0.05, 0) is 38.3 Å². The van der Waals surface area contributed by atoms with Crippen LogP contribution in [-0.2, 0) is 4.79 Å². The molecule has 1 rings (SSSR count). The third-order valence-corrected chi connectivity index (χ3v) is 3.25. The molecule has 0 bridgehead atoms. The Morgan fingerprint density at radius 2 is 2.18 bits per heavy atom. The van der Waals surface area contributed by atoms with Gasteiger partial charge in [-0.2, -0.15) is 0 Å². The van der Waals surface area contributed by atoms with Gasteiger partial charge in [0.1, 0.15) is 0 Å². The molecule has 1 N–H and O–H groups in total. The highest BCUT2D eigenvalue weighted by atomic mass is 16.1. The summed E-state index contributed by atoms with van der Waals surface area (Å²) in [5.74, 6) is 0.677. The third kappa shape index (κ3) is 6.06. The van der Waals surface area contributed by atoms with Crippen LogP contribution in [-0.4, -0.2) is 36.5 Å². The lowest BCUT2D eigenvalue weighted by Crippen LogP contribution is -2.43. The van der Waals surface area contributed by atoms with Crippen LogP contribution in [0.5, 0.6) is 0 Å². The van der Waals surface area contributed by atoms with Crippen molar-refractivity contribution < 1.29 is 4.79 Å². The van der Waals surface area contributed by atoms with E-state index in [1.165, 1.54) is 25.8 Å². The van der Waals surface area contributed by atoms with Gasteiger partial charge in [-0.1, -0.05) is 27.2 Å². The van der Waals surface area contributed by atoms with Crippen molar-refractivity contribution in [2.24, 2.45) is 5.92 Å². The topological polar surface area (TPSA) is 32.3 Å². The van der Waals surface area contributed by atoms with Gasteiger partial charge in [0.2, 0.25) is 5.91 Å². The van der Waals surface area contributed by atoms with Gasteiger partial charge in [0.15, 0.2) is 0 Å². The van der Waals surface area contributed by atoms with Crippen molar-refractivity contribution in [3.63, 3.8) is 0 Å². The first-order chi connectivity index (χ1) is 8.11. The van der Waals surface area contributed by atoms with Gasteiger partial charge in [-0.3, -0.25) is 4.79 Å². The van der Waals surface area contributed by atoms with Gasteiger partial charge >= 0.3 is 0 Å². The second kappa shape index (κ2) is 7.70. The predicted octanol–water partition coefficient (Wildman–Crippen LogP) is 2.41. The molecule has 0 aliphatic carbocycles. The molecule has 1 heterocycles. The maximum Gasteiger partial charge on any atom is 0.220 e. The third-order valence-electron chi connectivity index (χ3n) is 3.25. The van der Waals surface area contributed by atoms with Crippen LogP contribution in [0.2, 0.25) is 0 Å². The number of nitrogens with zero attached hydrogens (tertiary/aromatic N) is 1. The molecule has 0 spiro atoms. The zero-order valence-corrected chi connectivity index (χ0v) is 11.7. The molecule has 1 aliphatic rings. The Balaban J connectivity index is 2.37. The summed E-state index contributed by atoms with van der Waals surface area (Å²) in [4.78, 5) is 14.3. The van der Waals surface area contributed by atoms with Crippen LogP contribution in [0.1, 0.15) is 52.9 Å². The van der Waals surface area contributed by atoms with Crippen molar-refractivity contribution in [1.29, 1.82) is 0 Å². The first-order valence-electron chi connectivity index (χ1n) is 7.13. The fraction of sp³-hybridized carbons (Fsp3) is 0.929. The molecule has 1 unspecified atom stereocenters.